The Morgan fingerprint density at radius 2 is 1.02 bits per heavy atom. The van der Waals surface area contributed by atoms with Crippen molar-refractivity contribution in [3.8, 4) is 22.5 Å². The molecule has 0 aliphatic heterocycles. The van der Waals surface area contributed by atoms with Gasteiger partial charge < -0.3 is 20.2 Å². The molecule has 2 unspecified atom stereocenters. The van der Waals surface area contributed by atoms with Crippen LogP contribution >= 0.6 is 0 Å². The molecule has 2 aromatic heterocycles. The number of ketones is 2. The number of halogens is 4. The Hall–Kier alpha value is -3.63. The summed E-state index contributed by atoms with van der Waals surface area (Å²) in [6.45, 7) is 5.91. The second-order valence-electron chi connectivity index (χ2n) is 12.6. The molecule has 4 aromatic rings. The summed E-state index contributed by atoms with van der Waals surface area (Å²) in [7, 11) is 0. The molecule has 269 valence electrons. The predicted octanol–water partition coefficient (Wildman–Crippen LogP) is 7.42. The number of aromatic nitrogens is 2. The van der Waals surface area contributed by atoms with Gasteiger partial charge in [0.25, 0.3) is 0 Å². The first kappa shape index (κ1) is 40.8. The van der Waals surface area contributed by atoms with Crippen LogP contribution in [0.3, 0.4) is 0 Å². The normalized spacial score (nSPS) is 14.3. The number of carbonyl (C=O) groups excluding carboxylic acids is 2. The van der Waals surface area contributed by atoms with E-state index in [0.717, 1.165) is 88.5 Å². The number of carbonyl (C=O) groups is 2. The quantitative estimate of drug-likeness (QED) is 0.0871. The zero-order chi connectivity index (χ0) is 35.8. The molecule has 4 N–H and O–H groups in total. The molecule has 1 radical (unpaired) electrons. The fourth-order valence-corrected chi connectivity index (χ4v) is 6.05. The largest absolute Gasteiger partial charge is 0.443 e. The Bertz CT molecular complexity index is 1700. The molecule has 6 rings (SSSR count). The number of nitrogens with zero attached hydrogens (tertiary/aromatic N) is 2. The van der Waals surface area contributed by atoms with Crippen molar-refractivity contribution in [2.24, 2.45) is 0 Å². The van der Waals surface area contributed by atoms with Crippen molar-refractivity contribution in [3.05, 3.63) is 105 Å². The molecule has 0 amide bonds. The minimum absolute atomic E-state index is 0. The van der Waals surface area contributed by atoms with Gasteiger partial charge >= 0.3 is 0 Å². The van der Waals surface area contributed by atoms with E-state index in [1.54, 1.807) is 12.4 Å². The van der Waals surface area contributed by atoms with Crippen molar-refractivity contribution in [3.63, 3.8) is 0 Å². The van der Waals surface area contributed by atoms with Crippen molar-refractivity contribution in [2.75, 3.05) is 0 Å². The zero-order valence-corrected chi connectivity index (χ0v) is 30.9. The van der Waals surface area contributed by atoms with Crippen molar-refractivity contribution >= 4 is 11.6 Å². The van der Waals surface area contributed by atoms with Crippen molar-refractivity contribution in [1.82, 2.24) is 9.97 Å². The third kappa shape index (κ3) is 10.2. The maximum atomic E-state index is 14.4. The minimum atomic E-state index is -0.887. The number of rotatable bonds is 6. The van der Waals surface area contributed by atoms with E-state index < -0.39 is 46.0 Å². The third-order valence-corrected chi connectivity index (χ3v) is 8.42. The van der Waals surface area contributed by atoms with Crippen LogP contribution in [-0.2, 0) is 45.8 Å². The molecule has 0 bridgehead atoms. The molecule has 6 nitrogen and oxygen atoms in total. The van der Waals surface area contributed by atoms with Crippen molar-refractivity contribution in [1.29, 1.82) is 0 Å². The summed E-state index contributed by atoms with van der Waals surface area (Å²) in [6, 6.07) is 10.8. The summed E-state index contributed by atoms with van der Waals surface area (Å²) < 4.78 is 55.9. The first-order valence-corrected chi connectivity index (χ1v) is 16.5. The molecule has 2 aliphatic carbocycles. The Kier molecular flexibility index (Phi) is 15.1. The first-order valence-electron chi connectivity index (χ1n) is 16.5. The summed E-state index contributed by atoms with van der Waals surface area (Å²) in [6.07, 6.45) is 12.4. The van der Waals surface area contributed by atoms with E-state index in [1.807, 2.05) is 26.0 Å². The second kappa shape index (κ2) is 18.6. The Morgan fingerprint density at radius 1 is 0.680 bits per heavy atom. The average molecular weight is 871 g/mol. The Balaban J connectivity index is 0.000000224. The van der Waals surface area contributed by atoms with E-state index in [2.05, 4.69) is 22.1 Å². The molecule has 2 atom stereocenters. The summed E-state index contributed by atoms with van der Waals surface area (Å²) >= 11 is 0. The number of fused-ring (bicyclic) bond motifs is 2. The van der Waals surface area contributed by atoms with E-state index >= 15 is 0 Å². The topological polar surface area (TPSA) is 106 Å². The SMILES string of the molecule is CC(=O)c1c(F)c[c-]c(-c2cc3c(cn2)CCCC3)c1F.CC(=O)c1c(F)c[c-]c(-c2cc3c(cn2)CCCC3)c1F.CC([OH2+])CC(C)[OH2+].[Ir]. The van der Waals surface area contributed by atoms with Crippen molar-refractivity contribution in [2.45, 2.75) is 97.7 Å². The molecule has 0 saturated heterocycles. The van der Waals surface area contributed by atoms with E-state index in [9.17, 15) is 27.2 Å². The van der Waals surface area contributed by atoms with Crippen molar-refractivity contribution < 1.29 is 57.5 Å². The van der Waals surface area contributed by atoms with Crippen LogP contribution in [0.2, 0.25) is 0 Å². The fourth-order valence-electron chi connectivity index (χ4n) is 6.05. The van der Waals surface area contributed by atoms with Gasteiger partial charge in [-0.25, -0.2) is 0 Å². The van der Waals surface area contributed by atoms with Crippen LogP contribution in [0.5, 0.6) is 0 Å². The minimum Gasteiger partial charge on any atom is -0.443 e. The Labute approximate surface area is 303 Å². The smallest absolute Gasteiger partial charge is 0.158 e. The van der Waals surface area contributed by atoms with E-state index in [0.29, 0.717) is 17.8 Å². The molecular weight excluding hydrogens is 829 g/mol. The van der Waals surface area contributed by atoms with Crippen LogP contribution in [0.15, 0.2) is 36.7 Å². The van der Waals surface area contributed by atoms with Crippen LogP contribution in [-0.4, -0.2) is 44.0 Å². The van der Waals surface area contributed by atoms with Crippen LogP contribution < -0.4 is 0 Å². The van der Waals surface area contributed by atoms with E-state index in [-0.39, 0.29) is 43.4 Å². The van der Waals surface area contributed by atoms with E-state index in [4.69, 9.17) is 10.2 Å². The molecule has 50 heavy (non-hydrogen) atoms. The van der Waals surface area contributed by atoms with Crippen LogP contribution in [0.25, 0.3) is 22.5 Å². The van der Waals surface area contributed by atoms with Gasteiger partial charge in [-0.15, -0.1) is 24.3 Å². The van der Waals surface area contributed by atoms with Gasteiger partial charge in [0.05, 0.1) is 29.7 Å². The summed E-state index contributed by atoms with van der Waals surface area (Å²) in [5, 5.41) is 14.0. The average Bonchev–Trinajstić information content (AvgIpc) is 3.04. The summed E-state index contributed by atoms with van der Waals surface area (Å²) in [5.41, 5.74) is 4.50. The monoisotopic (exact) mass is 871 g/mol. The third-order valence-electron chi connectivity index (χ3n) is 8.42. The Morgan fingerprint density at radius 3 is 1.32 bits per heavy atom. The number of benzene rings is 2. The number of hydrogen-bond donors (Lipinski definition) is 0. The van der Waals surface area contributed by atoms with Gasteiger partial charge in [-0.05, 0) is 87.7 Å². The summed E-state index contributed by atoms with van der Waals surface area (Å²) in [5.74, 6) is -4.82. The van der Waals surface area contributed by atoms with Gasteiger partial charge in [-0.1, -0.05) is 34.4 Å². The molecule has 2 aromatic carbocycles. The molecule has 2 aliphatic rings. The van der Waals surface area contributed by atoms with Gasteiger partial charge in [0.1, 0.15) is 11.6 Å². The van der Waals surface area contributed by atoms with Crippen LogP contribution in [0.4, 0.5) is 17.6 Å². The molecular formula is C39H42F4IrN2O4. The molecule has 11 heteroatoms. The first-order chi connectivity index (χ1) is 23.3. The molecule has 0 spiro atoms. The van der Waals surface area contributed by atoms with Gasteiger partial charge in [0, 0.05) is 57.5 Å². The second-order valence-corrected chi connectivity index (χ2v) is 12.6. The van der Waals surface area contributed by atoms with Gasteiger partial charge in [-0.2, -0.15) is 0 Å². The molecule has 2 heterocycles. The number of pyridine rings is 2. The van der Waals surface area contributed by atoms with Crippen LogP contribution in [0, 0.1) is 35.4 Å². The fraction of sp³-hybridized carbons (Fsp3) is 0.385. The van der Waals surface area contributed by atoms with Gasteiger partial charge in [0.15, 0.2) is 12.2 Å². The number of aryl methyl sites for hydroxylation is 4. The molecule has 0 saturated carbocycles. The predicted molar refractivity (Wildman–Crippen MR) is 181 cm³/mol. The number of hydrogen-bond acceptors (Lipinski definition) is 4. The molecule has 0 fully saturated rings. The van der Waals surface area contributed by atoms with Gasteiger partial charge in [0.2, 0.25) is 0 Å². The standard InChI is InChI=1S/2C17H14F2NO.C5H12O2.Ir/c2*1-10(21)16-14(18)7-6-13(17(16)19)15-8-11-4-2-3-5-12(11)9-20-15;1-4(6)3-5(2)7;/h2*7-9H,2-5H2,1H3;4-7H,3H2,1-2H3;/q2*-1;;/p+2. The van der Waals surface area contributed by atoms with Gasteiger partial charge in [-0.3, -0.25) is 27.2 Å². The van der Waals surface area contributed by atoms with Crippen LogP contribution in [0.1, 0.15) is 103 Å². The zero-order valence-electron chi connectivity index (χ0n) is 28.5. The summed E-state index contributed by atoms with van der Waals surface area (Å²) in [4.78, 5) is 31.3. The maximum Gasteiger partial charge on any atom is 0.158 e. The maximum absolute atomic E-state index is 14.4. The van der Waals surface area contributed by atoms with E-state index in [1.165, 1.54) is 11.1 Å². The number of Topliss-reactive ketones (excluding diaryl/α,β-unsaturated/α-hetero) is 2.